The van der Waals surface area contributed by atoms with Crippen LogP contribution in [-0.4, -0.2) is 20.0 Å². The summed E-state index contributed by atoms with van der Waals surface area (Å²) in [6, 6.07) is 5.60. The van der Waals surface area contributed by atoms with Gasteiger partial charge in [0.25, 0.3) is 0 Å². The molecular weight excluding hydrogens is 228 g/mol. The van der Waals surface area contributed by atoms with E-state index in [-0.39, 0.29) is 5.78 Å². The molecule has 18 heavy (non-hydrogen) atoms. The van der Waals surface area contributed by atoms with E-state index < -0.39 is 0 Å². The molecule has 0 N–H and O–H groups in total. The van der Waals surface area contributed by atoms with Crippen LogP contribution in [-0.2, 0) is 4.79 Å². The highest BCUT2D eigenvalue weighted by atomic mass is 16.5. The van der Waals surface area contributed by atoms with Crippen LogP contribution in [0.1, 0.15) is 18.4 Å². The minimum absolute atomic E-state index is 0.0739. The van der Waals surface area contributed by atoms with Gasteiger partial charge in [-0.3, -0.25) is 4.79 Å². The summed E-state index contributed by atoms with van der Waals surface area (Å²) in [6.07, 6.45) is 3.42. The molecule has 0 bridgehead atoms. The van der Waals surface area contributed by atoms with Crippen LogP contribution in [0.2, 0.25) is 0 Å². The number of methoxy groups -OCH3 is 2. The topological polar surface area (TPSA) is 35.5 Å². The summed E-state index contributed by atoms with van der Waals surface area (Å²) in [4.78, 5) is 11.8. The summed E-state index contributed by atoms with van der Waals surface area (Å²) in [5, 5.41) is 0. The number of rotatable bonds is 3. The molecule has 3 nitrogen and oxygen atoms in total. The van der Waals surface area contributed by atoms with Crippen molar-refractivity contribution in [3.8, 4) is 11.5 Å². The Bertz CT molecular complexity index is 527. The largest absolute Gasteiger partial charge is 0.493 e. The van der Waals surface area contributed by atoms with Gasteiger partial charge in [-0.25, -0.2) is 0 Å². The third kappa shape index (κ3) is 2.30. The highest BCUT2D eigenvalue weighted by Gasteiger charge is 2.20. The highest BCUT2D eigenvalue weighted by molar-refractivity contribution is 6.12. The van der Waals surface area contributed by atoms with Gasteiger partial charge in [0.15, 0.2) is 17.3 Å². The number of hydrogen-bond acceptors (Lipinski definition) is 3. The van der Waals surface area contributed by atoms with Crippen molar-refractivity contribution in [2.24, 2.45) is 0 Å². The van der Waals surface area contributed by atoms with Crippen LogP contribution >= 0.6 is 0 Å². The van der Waals surface area contributed by atoms with E-state index in [2.05, 4.69) is 6.58 Å². The maximum atomic E-state index is 11.8. The predicted molar refractivity (Wildman–Crippen MR) is 70.9 cm³/mol. The Balaban J connectivity index is 2.33. The molecule has 1 fully saturated rings. The van der Waals surface area contributed by atoms with Crippen LogP contribution in [0.4, 0.5) is 0 Å². The first-order chi connectivity index (χ1) is 8.65. The Morgan fingerprint density at radius 1 is 1.17 bits per heavy atom. The molecular formula is C15H16O3. The number of hydrogen-bond donors (Lipinski definition) is 0. The smallest absolute Gasteiger partial charge is 0.184 e. The van der Waals surface area contributed by atoms with Crippen molar-refractivity contribution in [1.82, 2.24) is 0 Å². The van der Waals surface area contributed by atoms with Crippen LogP contribution in [0.15, 0.2) is 35.9 Å². The molecule has 1 aromatic rings. The van der Waals surface area contributed by atoms with E-state index in [9.17, 15) is 4.79 Å². The normalized spacial score (nSPS) is 17.3. The summed E-state index contributed by atoms with van der Waals surface area (Å²) < 4.78 is 10.4. The molecule has 3 heteroatoms. The molecule has 1 aromatic carbocycles. The fourth-order valence-corrected chi connectivity index (χ4v) is 2.02. The SMILES string of the molecule is C=C1CC/C(=C\c2ccc(OC)c(OC)c2)C1=O. The van der Waals surface area contributed by atoms with Crippen LogP contribution < -0.4 is 9.47 Å². The van der Waals surface area contributed by atoms with E-state index in [4.69, 9.17) is 9.47 Å². The van der Waals surface area contributed by atoms with Gasteiger partial charge in [-0.1, -0.05) is 12.6 Å². The van der Waals surface area contributed by atoms with Crippen LogP contribution in [0.25, 0.3) is 6.08 Å². The average Bonchev–Trinajstić information content (AvgIpc) is 2.70. The van der Waals surface area contributed by atoms with Crippen molar-refractivity contribution >= 4 is 11.9 Å². The van der Waals surface area contributed by atoms with Gasteiger partial charge in [0.1, 0.15) is 0 Å². The van der Waals surface area contributed by atoms with Gasteiger partial charge < -0.3 is 9.47 Å². The third-order valence-corrected chi connectivity index (χ3v) is 3.06. The molecule has 0 aromatic heterocycles. The summed E-state index contributed by atoms with van der Waals surface area (Å²) in [5.74, 6) is 1.42. The number of Topliss-reactive ketones (excluding diaryl/α,β-unsaturated/α-hetero) is 1. The van der Waals surface area contributed by atoms with Gasteiger partial charge in [0, 0.05) is 5.57 Å². The molecule has 2 rings (SSSR count). The van der Waals surface area contributed by atoms with Crippen molar-refractivity contribution in [2.75, 3.05) is 14.2 Å². The zero-order valence-corrected chi connectivity index (χ0v) is 10.7. The molecule has 1 aliphatic rings. The standard InChI is InChI=1S/C15H16O3/c1-10-4-6-12(15(10)16)8-11-5-7-13(17-2)14(9-11)18-3/h5,7-9H,1,4,6H2,2-3H3/b12-8+. The molecule has 0 aliphatic heterocycles. The van der Waals surface area contributed by atoms with Crippen LogP contribution in [0, 0.1) is 0 Å². The number of carbonyl (C=O) groups excluding carboxylic acids is 1. The zero-order chi connectivity index (χ0) is 13.1. The Kier molecular flexibility index (Phi) is 3.51. The lowest BCUT2D eigenvalue weighted by Crippen LogP contribution is -1.94. The Morgan fingerprint density at radius 3 is 2.44 bits per heavy atom. The van der Waals surface area contributed by atoms with Crippen molar-refractivity contribution in [3.63, 3.8) is 0 Å². The average molecular weight is 244 g/mol. The van der Waals surface area contributed by atoms with Gasteiger partial charge in [-0.05, 0) is 42.2 Å². The lowest BCUT2D eigenvalue weighted by atomic mass is 10.1. The summed E-state index contributed by atoms with van der Waals surface area (Å²) >= 11 is 0. The second-order valence-corrected chi connectivity index (χ2v) is 4.22. The molecule has 0 unspecified atom stereocenters. The molecule has 94 valence electrons. The Labute approximate surface area is 107 Å². The fraction of sp³-hybridized carbons (Fsp3) is 0.267. The van der Waals surface area contributed by atoms with Crippen molar-refractivity contribution in [1.29, 1.82) is 0 Å². The van der Waals surface area contributed by atoms with Crippen molar-refractivity contribution < 1.29 is 14.3 Å². The van der Waals surface area contributed by atoms with E-state index in [1.165, 1.54) is 0 Å². The quantitative estimate of drug-likeness (QED) is 0.767. The van der Waals surface area contributed by atoms with Crippen molar-refractivity contribution in [2.45, 2.75) is 12.8 Å². The van der Waals surface area contributed by atoms with E-state index in [1.54, 1.807) is 14.2 Å². The minimum Gasteiger partial charge on any atom is -0.493 e. The lowest BCUT2D eigenvalue weighted by Gasteiger charge is -2.08. The fourth-order valence-electron chi connectivity index (χ4n) is 2.02. The van der Waals surface area contributed by atoms with Gasteiger partial charge in [-0.2, -0.15) is 0 Å². The van der Waals surface area contributed by atoms with Crippen LogP contribution in [0.5, 0.6) is 11.5 Å². The van der Waals surface area contributed by atoms with Crippen molar-refractivity contribution in [3.05, 3.63) is 41.5 Å². The first-order valence-corrected chi connectivity index (χ1v) is 5.80. The third-order valence-electron chi connectivity index (χ3n) is 3.06. The molecule has 0 heterocycles. The van der Waals surface area contributed by atoms with Gasteiger partial charge >= 0.3 is 0 Å². The molecule has 0 saturated heterocycles. The number of carbonyl (C=O) groups is 1. The maximum absolute atomic E-state index is 11.8. The summed E-state index contributed by atoms with van der Waals surface area (Å²) in [6.45, 7) is 3.75. The maximum Gasteiger partial charge on any atom is 0.184 e. The highest BCUT2D eigenvalue weighted by Crippen LogP contribution is 2.31. The van der Waals surface area contributed by atoms with E-state index in [0.29, 0.717) is 17.1 Å². The number of ether oxygens (including phenoxy) is 2. The predicted octanol–water partition coefficient (Wildman–Crippen LogP) is 3.01. The van der Waals surface area contributed by atoms with E-state index in [1.807, 2.05) is 24.3 Å². The molecule has 0 spiro atoms. The Morgan fingerprint density at radius 2 is 1.89 bits per heavy atom. The summed E-state index contributed by atoms with van der Waals surface area (Å²) in [7, 11) is 3.19. The molecule has 0 radical (unpaired) electrons. The molecule has 0 atom stereocenters. The zero-order valence-electron chi connectivity index (χ0n) is 10.7. The molecule has 1 aliphatic carbocycles. The summed E-state index contributed by atoms with van der Waals surface area (Å²) in [5.41, 5.74) is 2.44. The lowest BCUT2D eigenvalue weighted by molar-refractivity contribution is -0.111. The molecule has 1 saturated carbocycles. The number of ketones is 1. The first-order valence-electron chi connectivity index (χ1n) is 5.80. The van der Waals surface area contributed by atoms with Gasteiger partial charge in [-0.15, -0.1) is 0 Å². The van der Waals surface area contributed by atoms with E-state index in [0.717, 1.165) is 24.0 Å². The minimum atomic E-state index is 0.0739. The van der Waals surface area contributed by atoms with Crippen LogP contribution in [0.3, 0.4) is 0 Å². The number of allylic oxidation sites excluding steroid dienone is 2. The first kappa shape index (κ1) is 12.4. The second kappa shape index (κ2) is 5.08. The van der Waals surface area contributed by atoms with Gasteiger partial charge in [0.05, 0.1) is 14.2 Å². The second-order valence-electron chi connectivity index (χ2n) is 4.22. The van der Waals surface area contributed by atoms with E-state index >= 15 is 0 Å². The number of benzene rings is 1. The van der Waals surface area contributed by atoms with Gasteiger partial charge in [0.2, 0.25) is 0 Å². The Hall–Kier alpha value is -2.03. The monoisotopic (exact) mass is 244 g/mol. The molecule has 0 amide bonds.